The molecule has 0 aromatic rings. The Hall–Kier alpha value is 0.220. The summed E-state index contributed by atoms with van der Waals surface area (Å²) in [5, 5.41) is 2.93. The quantitative estimate of drug-likeness (QED) is 0.723. The van der Waals surface area contributed by atoms with Gasteiger partial charge in [0, 0.05) is 19.1 Å². The third-order valence-corrected chi connectivity index (χ3v) is 6.42. The molecular weight excluding hydrogens is 256 g/mol. The van der Waals surface area contributed by atoms with Gasteiger partial charge in [-0.2, -0.15) is 11.8 Å². The predicted octanol–water partition coefficient (Wildman–Crippen LogP) is 0.799. The highest BCUT2D eigenvalue weighted by atomic mass is 32.2. The molecule has 17 heavy (non-hydrogen) atoms. The van der Waals surface area contributed by atoms with Crippen molar-refractivity contribution in [2.24, 2.45) is 5.92 Å². The van der Waals surface area contributed by atoms with Crippen LogP contribution in [0.1, 0.15) is 26.2 Å². The normalized spacial score (nSPS) is 27.2. The molecule has 100 valence electrons. The fourth-order valence-electron chi connectivity index (χ4n) is 1.85. The maximum Gasteiger partial charge on any atom is 0.215 e. The zero-order chi connectivity index (χ0) is 12.3. The SMILES string of the molecule is CC(CNC1CC1)S(=O)(=O)NCC1CCSC1. The van der Waals surface area contributed by atoms with E-state index in [-0.39, 0.29) is 5.25 Å². The largest absolute Gasteiger partial charge is 0.313 e. The van der Waals surface area contributed by atoms with Gasteiger partial charge in [0.15, 0.2) is 0 Å². The Bertz CT molecular complexity index is 335. The molecule has 0 amide bonds. The highest BCUT2D eigenvalue weighted by molar-refractivity contribution is 7.99. The Morgan fingerprint density at radius 2 is 2.12 bits per heavy atom. The standard InChI is InChI=1S/C11H22N2O2S2/c1-9(6-12-11-2-3-11)17(14,15)13-7-10-4-5-16-8-10/h9-13H,2-8H2,1H3. The first kappa shape index (κ1) is 13.6. The van der Waals surface area contributed by atoms with Gasteiger partial charge in [-0.25, -0.2) is 13.1 Å². The van der Waals surface area contributed by atoms with Crippen molar-refractivity contribution in [1.29, 1.82) is 0 Å². The number of sulfonamides is 1. The van der Waals surface area contributed by atoms with Crippen molar-refractivity contribution in [2.75, 3.05) is 24.6 Å². The first-order valence-corrected chi connectivity index (χ1v) is 9.07. The molecule has 2 fully saturated rings. The average Bonchev–Trinajstić information content (AvgIpc) is 2.97. The topological polar surface area (TPSA) is 58.2 Å². The summed E-state index contributed by atoms with van der Waals surface area (Å²) in [6.07, 6.45) is 3.53. The van der Waals surface area contributed by atoms with Crippen LogP contribution in [0.15, 0.2) is 0 Å². The molecule has 1 saturated heterocycles. The maximum absolute atomic E-state index is 12.0. The van der Waals surface area contributed by atoms with Crippen molar-refractivity contribution in [1.82, 2.24) is 10.0 Å². The van der Waals surface area contributed by atoms with Gasteiger partial charge in [-0.3, -0.25) is 0 Å². The van der Waals surface area contributed by atoms with E-state index >= 15 is 0 Å². The van der Waals surface area contributed by atoms with Crippen LogP contribution in [0.2, 0.25) is 0 Å². The number of hydrogen-bond donors (Lipinski definition) is 2. The summed E-state index contributed by atoms with van der Waals surface area (Å²) in [6, 6.07) is 0.568. The molecule has 0 aromatic carbocycles. The Morgan fingerprint density at radius 3 is 2.71 bits per heavy atom. The van der Waals surface area contributed by atoms with Gasteiger partial charge in [0.05, 0.1) is 5.25 Å². The average molecular weight is 278 g/mol. The van der Waals surface area contributed by atoms with Crippen LogP contribution in [0.25, 0.3) is 0 Å². The van der Waals surface area contributed by atoms with Crippen molar-refractivity contribution < 1.29 is 8.42 Å². The van der Waals surface area contributed by atoms with E-state index in [1.165, 1.54) is 18.6 Å². The molecular formula is C11H22N2O2S2. The zero-order valence-electron chi connectivity index (χ0n) is 10.3. The van der Waals surface area contributed by atoms with Gasteiger partial charge in [-0.05, 0) is 43.6 Å². The lowest BCUT2D eigenvalue weighted by molar-refractivity contribution is 0.531. The number of nitrogens with one attached hydrogen (secondary N) is 2. The molecule has 1 heterocycles. The monoisotopic (exact) mass is 278 g/mol. The van der Waals surface area contributed by atoms with Crippen LogP contribution in [-0.4, -0.2) is 44.3 Å². The van der Waals surface area contributed by atoms with Crippen molar-refractivity contribution in [2.45, 2.75) is 37.5 Å². The molecule has 1 saturated carbocycles. The molecule has 2 aliphatic rings. The van der Waals surface area contributed by atoms with Crippen LogP contribution in [0.3, 0.4) is 0 Å². The van der Waals surface area contributed by atoms with Gasteiger partial charge in [-0.15, -0.1) is 0 Å². The molecule has 1 aliphatic carbocycles. The van der Waals surface area contributed by atoms with Crippen LogP contribution in [0.5, 0.6) is 0 Å². The highest BCUT2D eigenvalue weighted by Crippen LogP contribution is 2.23. The summed E-state index contributed by atoms with van der Waals surface area (Å²) in [4.78, 5) is 0. The van der Waals surface area contributed by atoms with E-state index in [0.29, 0.717) is 25.0 Å². The molecule has 2 N–H and O–H groups in total. The molecule has 0 spiro atoms. The minimum atomic E-state index is -3.14. The van der Waals surface area contributed by atoms with Gasteiger partial charge < -0.3 is 5.32 Å². The molecule has 0 aromatic heterocycles. The Labute approximate surface area is 108 Å². The molecule has 2 atom stereocenters. The van der Waals surface area contributed by atoms with Gasteiger partial charge in [0.25, 0.3) is 0 Å². The second-order valence-electron chi connectivity index (χ2n) is 5.12. The third kappa shape index (κ3) is 4.43. The highest BCUT2D eigenvalue weighted by Gasteiger charge is 2.26. The van der Waals surface area contributed by atoms with Gasteiger partial charge in [0.2, 0.25) is 10.0 Å². The van der Waals surface area contributed by atoms with E-state index in [1.807, 2.05) is 11.8 Å². The van der Waals surface area contributed by atoms with Gasteiger partial charge in [0.1, 0.15) is 0 Å². The summed E-state index contributed by atoms with van der Waals surface area (Å²) < 4.78 is 26.7. The smallest absolute Gasteiger partial charge is 0.215 e. The predicted molar refractivity (Wildman–Crippen MR) is 72.8 cm³/mol. The lowest BCUT2D eigenvalue weighted by Crippen LogP contribution is -2.41. The van der Waals surface area contributed by atoms with Crippen molar-refractivity contribution in [3.05, 3.63) is 0 Å². The second kappa shape index (κ2) is 5.91. The molecule has 0 radical (unpaired) electrons. The summed E-state index contributed by atoms with van der Waals surface area (Å²) in [5.74, 6) is 2.79. The summed E-state index contributed by atoms with van der Waals surface area (Å²) in [7, 11) is -3.14. The van der Waals surface area contributed by atoms with E-state index < -0.39 is 10.0 Å². The number of hydrogen-bond acceptors (Lipinski definition) is 4. The molecule has 0 bridgehead atoms. The maximum atomic E-state index is 12.0. The summed E-state index contributed by atoms with van der Waals surface area (Å²) >= 11 is 1.92. The Morgan fingerprint density at radius 1 is 1.35 bits per heavy atom. The Balaban J connectivity index is 1.71. The fourth-order valence-corrected chi connectivity index (χ4v) is 4.20. The van der Waals surface area contributed by atoms with Gasteiger partial charge in [-0.1, -0.05) is 0 Å². The van der Waals surface area contributed by atoms with Gasteiger partial charge >= 0.3 is 0 Å². The molecule has 2 unspecified atom stereocenters. The van der Waals surface area contributed by atoms with Crippen molar-refractivity contribution in [3.8, 4) is 0 Å². The zero-order valence-corrected chi connectivity index (χ0v) is 11.9. The lowest BCUT2D eigenvalue weighted by atomic mass is 10.1. The van der Waals surface area contributed by atoms with Crippen LogP contribution in [-0.2, 0) is 10.0 Å². The van der Waals surface area contributed by atoms with E-state index in [4.69, 9.17) is 0 Å². The minimum absolute atomic E-state index is 0.336. The minimum Gasteiger partial charge on any atom is -0.313 e. The molecule has 2 rings (SSSR count). The van der Waals surface area contributed by atoms with Crippen molar-refractivity contribution >= 4 is 21.8 Å². The number of thioether (sulfide) groups is 1. The van der Waals surface area contributed by atoms with E-state index in [0.717, 1.165) is 12.2 Å². The van der Waals surface area contributed by atoms with E-state index in [2.05, 4.69) is 10.0 Å². The van der Waals surface area contributed by atoms with E-state index in [1.54, 1.807) is 6.92 Å². The number of rotatable bonds is 7. The fraction of sp³-hybridized carbons (Fsp3) is 1.00. The van der Waals surface area contributed by atoms with Crippen LogP contribution >= 0.6 is 11.8 Å². The summed E-state index contributed by atoms with van der Waals surface area (Å²) in [5.41, 5.74) is 0. The lowest BCUT2D eigenvalue weighted by Gasteiger charge is -2.16. The molecule has 4 nitrogen and oxygen atoms in total. The van der Waals surface area contributed by atoms with Crippen molar-refractivity contribution in [3.63, 3.8) is 0 Å². The molecule has 1 aliphatic heterocycles. The van der Waals surface area contributed by atoms with Crippen LogP contribution in [0.4, 0.5) is 0 Å². The first-order valence-electron chi connectivity index (χ1n) is 6.37. The van der Waals surface area contributed by atoms with E-state index in [9.17, 15) is 8.42 Å². The Kier molecular flexibility index (Phi) is 4.74. The van der Waals surface area contributed by atoms with Crippen LogP contribution < -0.4 is 10.0 Å². The molecule has 6 heteroatoms. The first-order chi connectivity index (χ1) is 8.08. The summed E-state index contributed by atoms with van der Waals surface area (Å²) in [6.45, 7) is 2.96. The van der Waals surface area contributed by atoms with Crippen LogP contribution in [0, 0.1) is 5.92 Å². The third-order valence-electron chi connectivity index (χ3n) is 3.40. The second-order valence-corrected chi connectivity index (χ2v) is 8.45.